The number of nitrogens with one attached hydrogen (secondary N) is 3. The Hall–Kier alpha value is -2.26. The number of hydrogen-bond acceptors (Lipinski definition) is 5. The number of benzene rings is 1. The summed E-state index contributed by atoms with van der Waals surface area (Å²) in [6.45, 7) is 0.560. The van der Waals surface area contributed by atoms with Crippen molar-refractivity contribution in [3.63, 3.8) is 0 Å². The Kier molecular flexibility index (Phi) is 8.20. The van der Waals surface area contributed by atoms with E-state index in [1.165, 1.54) is 12.1 Å². The summed E-state index contributed by atoms with van der Waals surface area (Å²) < 4.78 is 28.3. The van der Waals surface area contributed by atoms with Crippen LogP contribution in [-0.2, 0) is 24.4 Å². The number of aldehydes is 1. The lowest BCUT2D eigenvalue weighted by atomic mass is 9.85. The monoisotopic (exact) mass is 449 g/mol. The maximum Gasteiger partial charge on any atom is 0.241 e. The lowest BCUT2D eigenvalue weighted by Gasteiger charge is -2.27. The molecule has 170 valence electrons. The maximum atomic E-state index is 13.1. The summed E-state index contributed by atoms with van der Waals surface area (Å²) in [5.41, 5.74) is 0. The van der Waals surface area contributed by atoms with Gasteiger partial charge in [0.05, 0.1) is 10.9 Å². The van der Waals surface area contributed by atoms with E-state index in [9.17, 15) is 22.8 Å². The quantitative estimate of drug-likeness (QED) is 0.468. The first kappa shape index (κ1) is 23.4. The van der Waals surface area contributed by atoms with Crippen LogP contribution in [0.4, 0.5) is 0 Å². The highest BCUT2D eigenvalue weighted by molar-refractivity contribution is 7.89. The number of sulfonamides is 1. The molecule has 1 heterocycles. The highest BCUT2D eigenvalue weighted by Gasteiger charge is 2.32. The number of hydrogen-bond donors (Lipinski definition) is 3. The molecule has 1 saturated carbocycles. The molecule has 8 nitrogen and oxygen atoms in total. The van der Waals surface area contributed by atoms with Crippen LogP contribution in [0.25, 0.3) is 0 Å². The SMILES string of the molecule is O=C[C@H](C[C@@H]1CCNC1=O)NC(=O)[C@H](CC1CCCCC1)NS(=O)(=O)c1ccccc1. The third kappa shape index (κ3) is 6.61. The second-order valence-electron chi connectivity index (χ2n) is 8.49. The Balaban J connectivity index is 1.71. The molecule has 31 heavy (non-hydrogen) atoms. The Morgan fingerprint density at radius 1 is 1.10 bits per heavy atom. The Labute approximate surface area is 183 Å². The van der Waals surface area contributed by atoms with Gasteiger partial charge >= 0.3 is 0 Å². The Bertz CT molecular complexity index is 868. The van der Waals surface area contributed by atoms with Crippen molar-refractivity contribution in [3.05, 3.63) is 30.3 Å². The zero-order chi connectivity index (χ0) is 22.3. The first-order valence-corrected chi connectivity index (χ1v) is 12.5. The molecule has 2 fully saturated rings. The van der Waals surface area contributed by atoms with Gasteiger partial charge in [0.2, 0.25) is 21.8 Å². The average Bonchev–Trinajstić information content (AvgIpc) is 3.18. The minimum atomic E-state index is -3.89. The standard InChI is InChI=1S/C22H31N3O5S/c26-15-18(14-17-11-12-23-21(17)27)24-22(28)20(13-16-7-3-1-4-8-16)25-31(29,30)19-9-5-2-6-10-19/h2,5-6,9-10,15-18,20,25H,1,3-4,7-8,11-14H2,(H,23,27)(H,24,28)/t17-,18-,20-/m0/s1. The van der Waals surface area contributed by atoms with Crippen LogP contribution in [0.2, 0.25) is 0 Å². The van der Waals surface area contributed by atoms with Crippen molar-refractivity contribution in [2.24, 2.45) is 11.8 Å². The van der Waals surface area contributed by atoms with Crippen molar-refractivity contribution in [1.82, 2.24) is 15.4 Å². The second-order valence-corrected chi connectivity index (χ2v) is 10.2. The van der Waals surface area contributed by atoms with Gasteiger partial charge in [0.25, 0.3) is 0 Å². The van der Waals surface area contributed by atoms with Crippen LogP contribution in [0.5, 0.6) is 0 Å². The fourth-order valence-corrected chi connectivity index (χ4v) is 5.66. The van der Waals surface area contributed by atoms with Crippen molar-refractivity contribution in [2.45, 2.75) is 68.3 Å². The van der Waals surface area contributed by atoms with Crippen LogP contribution in [-0.4, -0.2) is 45.1 Å². The summed E-state index contributed by atoms with van der Waals surface area (Å²) in [5.74, 6) is -0.725. The van der Waals surface area contributed by atoms with Gasteiger partial charge in [0, 0.05) is 12.5 Å². The molecule has 0 unspecified atom stereocenters. The van der Waals surface area contributed by atoms with E-state index >= 15 is 0 Å². The van der Waals surface area contributed by atoms with Crippen LogP contribution < -0.4 is 15.4 Å². The number of rotatable bonds is 10. The van der Waals surface area contributed by atoms with Crippen molar-refractivity contribution in [2.75, 3.05) is 6.54 Å². The number of carbonyl (C=O) groups excluding carboxylic acids is 3. The Morgan fingerprint density at radius 2 is 1.81 bits per heavy atom. The topological polar surface area (TPSA) is 121 Å². The largest absolute Gasteiger partial charge is 0.356 e. The molecule has 2 aliphatic rings. The van der Waals surface area contributed by atoms with Crippen LogP contribution in [0, 0.1) is 11.8 Å². The molecule has 1 aliphatic carbocycles. The average molecular weight is 450 g/mol. The zero-order valence-corrected chi connectivity index (χ0v) is 18.4. The molecular weight excluding hydrogens is 418 g/mol. The molecule has 0 spiro atoms. The Morgan fingerprint density at radius 3 is 2.42 bits per heavy atom. The smallest absolute Gasteiger partial charge is 0.241 e. The number of amides is 2. The van der Waals surface area contributed by atoms with E-state index < -0.39 is 28.0 Å². The van der Waals surface area contributed by atoms with E-state index in [4.69, 9.17) is 0 Å². The maximum absolute atomic E-state index is 13.1. The molecule has 0 aromatic heterocycles. The molecule has 3 rings (SSSR count). The van der Waals surface area contributed by atoms with Gasteiger partial charge in [0.1, 0.15) is 12.3 Å². The first-order chi connectivity index (χ1) is 14.9. The van der Waals surface area contributed by atoms with Crippen molar-refractivity contribution >= 4 is 28.1 Å². The highest BCUT2D eigenvalue weighted by atomic mass is 32.2. The van der Waals surface area contributed by atoms with Gasteiger partial charge in [-0.2, -0.15) is 4.72 Å². The third-order valence-corrected chi connectivity index (χ3v) is 7.64. The van der Waals surface area contributed by atoms with E-state index in [1.807, 2.05) is 0 Å². The summed E-state index contributed by atoms with van der Waals surface area (Å²) >= 11 is 0. The van der Waals surface area contributed by atoms with Crippen molar-refractivity contribution < 1.29 is 22.8 Å². The van der Waals surface area contributed by atoms with Crippen LogP contribution in [0.15, 0.2) is 35.2 Å². The third-order valence-electron chi connectivity index (χ3n) is 6.15. The minimum Gasteiger partial charge on any atom is -0.356 e. The number of carbonyl (C=O) groups is 3. The molecular formula is C22H31N3O5S. The van der Waals surface area contributed by atoms with Gasteiger partial charge in [-0.05, 0) is 37.3 Å². The first-order valence-electron chi connectivity index (χ1n) is 11.0. The van der Waals surface area contributed by atoms with Gasteiger partial charge in [-0.1, -0.05) is 50.3 Å². The van der Waals surface area contributed by atoms with Gasteiger partial charge in [-0.3, -0.25) is 9.59 Å². The lowest BCUT2D eigenvalue weighted by Crippen LogP contribution is -2.51. The zero-order valence-electron chi connectivity index (χ0n) is 17.6. The second kappa shape index (κ2) is 10.9. The van der Waals surface area contributed by atoms with Crippen LogP contribution >= 0.6 is 0 Å². The van der Waals surface area contributed by atoms with E-state index in [2.05, 4.69) is 15.4 Å². The summed E-state index contributed by atoms with van der Waals surface area (Å²) in [5, 5.41) is 5.38. The molecule has 1 saturated heterocycles. The summed E-state index contributed by atoms with van der Waals surface area (Å²) in [7, 11) is -3.89. The van der Waals surface area contributed by atoms with Gasteiger partial charge in [-0.25, -0.2) is 8.42 Å². The summed E-state index contributed by atoms with van der Waals surface area (Å²) in [6.07, 6.45) is 7.02. The molecule has 1 aliphatic heterocycles. The lowest BCUT2D eigenvalue weighted by molar-refractivity contribution is -0.127. The molecule has 1 aromatic carbocycles. The molecule has 0 radical (unpaired) electrons. The van der Waals surface area contributed by atoms with Gasteiger partial charge in [-0.15, -0.1) is 0 Å². The molecule has 1 aromatic rings. The fourth-order valence-electron chi connectivity index (χ4n) is 4.43. The van der Waals surface area contributed by atoms with E-state index in [-0.39, 0.29) is 29.1 Å². The van der Waals surface area contributed by atoms with Crippen molar-refractivity contribution in [1.29, 1.82) is 0 Å². The van der Waals surface area contributed by atoms with Crippen LogP contribution in [0.1, 0.15) is 51.4 Å². The normalized spacial score (nSPS) is 21.8. The van der Waals surface area contributed by atoms with E-state index in [0.717, 1.165) is 32.1 Å². The van der Waals surface area contributed by atoms with Gasteiger partial charge < -0.3 is 15.4 Å². The predicted octanol–water partition coefficient (Wildman–Crippen LogP) is 1.51. The van der Waals surface area contributed by atoms with Crippen molar-refractivity contribution in [3.8, 4) is 0 Å². The molecule has 3 N–H and O–H groups in total. The minimum absolute atomic E-state index is 0.0889. The fraction of sp³-hybridized carbons (Fsp3) is 0.591. The van der Waals surface area contributed by atoms with Crippen LogP contribution in [0.3, 0.4) is 0 Å². The van der Waals surface area contributed by atoms with E-state index in [0.29, 0.717) is 25.7 Å². The molecule has 2 amide bonds. The van der Waals surface area contributed by atoms with Gasteiger partial charge in [0.15, 0.2) is 0 Å². The van der Waals surface area contributed by atoms with E-state index in [1.54, 1.807) is 18.2 Å². The molecule has 3 atom stereocenters. The summed E-state index contributed by atoms with van der Waals surface area (Å²) in [4.78, 5) is 36.5. The summed E-state index contributed by atoms with van der Waals surface area (Å²) in [6, 6.07) is 6.11. The highest BCUT2D eigenvalue weighted by Crippen LogP contribution is 2.28. The molecule has 0 bridgehead atoms. The molecule has 9 heteroatoms. The predicted molar refractivity (Wildman–Crippen MR) is 115 cm³/mol.